The summed E-state index contributed by atoms with van der Waals surface area (Å²) in [6.45, 7) is 9.40. The number of benzene rings is 1. The number of hydrogen-bond donors (Lipinski definition) is 0. The Bertz CT molecular complexity index is 811. The van der Waals surface area contributed by atoms with E-state index >= 15 is 0 Å². The van der Waals surface area contributed by atoms with E-state index in [-0.39, 0.29) is 5.91 Å². The minimum Gasteiger partial charge on any atom is -0.339 e. The molecule has 0 atom stereocenters. The van der Waals surface area contributed by atoms with Crippen LogP contribution in [0, 0.1) is 6.92 Å². The molecule has 0 aliphatic heterocycles. The summed E-state index contributed by atoms with van der Waals surface area (Å²) in [6, 6.07) is 8.64. The van der Waals surface area contributed by atoms with Gasteiger partial charge in [0.15, 0.2) is 11.0 Å². The molecule has 1 aliphatic carbocycles. The topological polar surface area (TPSA) is 51.0 Å². The van der Waals surface area contributed by atoms with Crippen LogP contribution in [0.15, 0.2) is 42.1 Å². The maximum absolute atomic E-state index is 12.9. The summed E-state index contributed by atoms with van der Waals surface area (Å²) in [5, 5.41) is 9.53. The van der Waals surface area contributed by atoms with Gasteiger partial charge in [-0.25, -0.2) is 0 Å². The predicted molar refractivity (Wildman–Crippen MR) is 115 cm³/mol. The summed E-state index contributed by atoms with van der Waals surface area (Å²) in [7, 11) is 0. The number of thioether (sulfide) groups is 1. The summed E-state index contributed by atoms with van der Waals surface area (Å²) in [4.78, 5) is 14.9. The van der Waals surface area contributed by atoms with Gasteiger partial charge in [-0.3, -0.25) is 9.36 Å². The zero-order chi connectivity index (χ0) is 19.9. The highest BCUT2D eigenvalue weighted by atomic mass is 32.2. The standard InChI is InChI=1S/C22H30N4OS/c1-4-14-26-21(18-11-9-10-17(3)15-18)23-24-22(26)28-16-20(27)25(5-2)19-12-7-6-8-13-19/h4,9-11,15,19H,1,5-8,12-14,16H2,2-3H3. The Morgan fingerprint density at radius 1 is 1.32 bits per heavy atom. The van der Waals surface area contributed by atoms with Gasteiger partial charge in [-0.2, -0.15) is 0 Å². The average Bonchev–Trinajstić information content (AvgIpc) is 3.11. The van der Waals surface area contributed by atoms with E-state index in [9.17, 15) is 4.79 Å². The normalized spacial score (nSPS) is 14.8. The lowest BCUT2D eigenvalue weighted by Gasteiger charge is -2.33. The van der Waals surface area contributed by atoms with Crippen molar-refractivity contribution in [1.82, 2.24) is 19.7 Å². The van der Waals surface area contributed by atoms with Crippen LogP contribution in [0.4, 0.5) is 0 Å². The second kappa shape index (κ2) is 9.92. The molecule has 1 saturated carbocycles. The number of hydrogen-bond acceptors (Lipinski definition) is 4. The molecule has 150 valence electrons. The second-order valence-corrected chi connectivity index (χ2v) is 8.28. The average molecular weight is 399 g/mol. The van der Waals surface area contributed by atoms with Crippen molar-refractivity contribution in [3.8, 4) is 11.4 Å². The number of nitrogens with zero attached hydrogens (tertiary/aromatic N) is 4. The fourth-order valence-corrected chi connectivity index (χ4v) is 4.76. The molecule has 28 heavy (non-hydrogen) atoms. The van der Waals surface area contributed by atoms with Gasteiger partial charge < -0.3 is 4.90 Å². The summed E-state index contributed by atoms with van der Waals surface area (Å²) in [6.07, 6.45) is 7.87. The maximum Gasteiger partial charge on any atom is 0.233 e. The number of carbonyl (C=O) groups is 1. The van der Waals surface area contributed by atoms with Crippen LogP contribution < -0.4 is 0 Å². The molecule has 0 unspecified atom stereocenters. The molecule has 0 saturated heterocycles. The van der Waals surface area contributed by atoms with Crippen LogP contribution in [0.5, 0.6) is 0 Å². The van der Waals surface area contributed by atoms with Gasteiger partial charge in [0.1, 0.15) is 0 Å². The first-order valence-corrected chi connectivity index (χ1v) is 11.2. The minimum atomic E-state index is 0.199. The van der Waals surface area contributed by atoms with Crippen LogP contribution in [-0.2, 0) is 11.3 Å². The predicted octanol–water partition coefficient (Wildman–Crippen LogP) is 4.71. The van der Waals surface area contributed by atoms with Crippen LogP contribution in [0.1, 0.15) is 44.6 Å². The quantitative estimate of drug-likeness (QED) is 0.477. The Labute approximate surface area is 172 Å². The van der Waals surface area contributed by atoms with E-state index in [1.165, 1.54) is 36.6 Å². The van der Waals surface area contributed by atoms with Gasteiger partial charge in [-0.15, -0.1) is 16.8 Å². The monoisotopic (exact) mass is 398 g/mol. The smallest absolute Gasteiger partial charge is 0.233 e. The Balaban J connectivity index is 1.73. The molecule has 1 aliphatic rings. The van der Waals surface area contributed by atoms with E-state index in [2.05, 4.69) is 47.7 Å². The molecule has 5 nitrogen and oxygen atoms in total. The Morgan fingerprint density at radius 3 is 2.79 bits per heavy atom. The molecule has 0 N–H and O–H groups in total. The molecular formula is C22H30N4OS. The number of aromatic nitrogens is 3. The summed E-state index contributed by atoms with van der Waals surface area (Å²) < 4.78 is 2.04. The molecule has 0 bridgehead atoms. The van der Waals surface area contributed by atoms with Crippen molar-refractivity contribution in [2.75, 3.05) is 12.3 Å². The first-order chi connectivity index (χ1) is 13.6. The second-order valence-electron chi connectivity index (χ2n) is 7.34. The molecular weight excluding hydrogens is 368 g/mol. The van der Waals surface area contributed by atoms with E-state index in [0.717, 1.165) is 35.9 Å². The van der Waals surface area contributed by atoms with Crippen molar-refractivity contribution in [3.05, 3.63) is 42.5 Å². The van der Waals surface area contributed by atoms with Gasteiger partial charge in [0, 0.05) is 24.7 Å². The Kier molecular flexibility index (Phi) is 7.31. The minimum absolute atomic E-state index is 0.199. The van der Waals surface area contributed by atoms with Crippen LogP contribution in [-0.4, -0.2) is 43.9 Å². The zero-order valence-corrected chi connectivity index (χ0v) is 17.7. The number of aryl methyl sites for hydroxylation is 1. The SMILES string of the molecule is C=CCn1c(SCC(=O)N(CC)C2CCCCC2)nnc1-c1cccc(C)c1. The van der Waals surface area contributed by atoms with Crippen LogP contribution >= 0.6 is 11.8 Å². The molecule has 1 aromatic heterocycles. The third-order valence-electron chi connectivity index (χ3n) is 5.31. The van der Waals surface area contributed by atoms with Crippen molar-refractivity contribution in [1.29, 1.82) is 0 Å². The molecule has 1 amide bonds. The number of allylic oxidation sites excluding steroid dienone is 1. The highest BCUT2D eigenvalue weighted by molar-refractivity contribution is 7.99. The molecule has 2 aromatic rings. The van der Waals surface area contributed by atoms with Gasteiger partial charge in [0.2, 0.25) is 5.91 Å². The van der Waals surface area contributed by atoms with Crippen LogP contribution in [0.25, 0.3) is 11.4 Å². The van der Waals surface area contributed by atoms with Crippen LogP contribution in [0.2, 0.25) is 0 Å². The molecule has 6 heteroatoms. The Morgan fingerprint density at radius 2 is 2.11 bits per heavy atom. The van der Waals surface area contributed by atoms with E-state index < -0.39 is 0 Å². The van der Waals surface area contributed by atoms with Crippen molar-refractivity contribution in [2.24, 2.45) is 0 Å². The van der Waals surface area contributed by atoms with Crippen LogP contribution in [0.3, 0.4) is 0 Å². The van der Waals surface area contributed by atoms with Crippen molar-refractivity contribution in [2.45, 2.75) is 63.7 Å². The molecule has 0 radical (unpaired) electrons. The first kappa shape index (κ1) is 20.6. The summed E-state index contributed by atoms with van der Waals surface area (Å²) in [5.41, 5.74) is 2.21. The highest BCUT2D eigenvalue weighted by Gasteiger charge is 2.24. The first-order valence-electron chi connectivity index (χ1n) is 10.2. The fourth-order valence-electron chi connectivity index (χ4n) is 3.93. The van der Waals surface area contributed by atoms with E-state index in [1.54, 1.807) is 0 Å². The Hall–Kier alpha value is -2.08. The number of carbonyl (C=O) groups excluding carboxylic acids is 1. The molecule has 3 rings (SSSR count). The lowest BCUT2D eigenvalue weighted by molar-refractivity contribution is -0.131. The fraction of sp³-hybridized carbons (Fsp3) is 0.500. The van der Waals surface area contributed by atoms with Gasteiger partial charge >= 0.3 is 0 Å². The van der Waals surface area contributed by atoms with Crippen molar-refractivity contribution >= 4 is 17.7 Å². The summed E-state index contributed by atoms with van der Waals surface area (Å²) >= 11 is 1.47. The third kappa shape index (κ3) is 4.85. The van der Waals surface area contributed by atoms with E-state index in [1.807, 2.05) is 22.8 Å². The lowest BCUT2D eigenvalue weighted by Crippen LogP contribution is -2.42. The van der Waals surface area contributed by atoms with Gasteiger partial charge in [0.25, 0.3) is 0 Å². The van der Waals surface area contributed by atoms with Crippen molar-refractivity contribution < 1.29 is 4.79 Å². The highest BCUT2D eigenvalue weighted by Crippen LogP contribution is 2.27. The van der Waals surface area contributed by atoms with Crippen molar-refractivity contribution in [3.63, 3.8) is 0 Å². The molecule has 1 fully saturated rings. The van der Waals surface area contributed by atoms with E-state index in [4.69, 9.17) is 0 Å². The number of amides is 1. The largest absolute Gasteiger partial charge is 0.339 e. The third-order valence-corrected chi connectivity index (χ3v) is 6.26. The lowest BCUT2D eigenvalue weighted by atomic mass is 9.94. The van der Waals surface area contributed by atoms with Gasteiger partial charge in [0.05, 0.1) is 5.75 Å². The summed E-state index contributed by atoms with van der Waals surface area (Å²) in [5.74, 6) is 1.41. The molecule has 1 heterocycles. The van der Waals surface area contributed by atoms with E-state index in [0.29, 0.717) is 18.3 Å². The number of rotatable bonds is 8. The molecule has 0 spiro atoms. The van der Waals surface area contributed by atoms with Gasteiger partial charge in [-0.1, -0.05) is 60.9 Å². The van der Waals surface area contributed by atoms with Gasteiger partial charge in [-0.05, 0) is 32.8 Å². The molecule has 1 aromatic carbocycles. The maximum atomic E-state index is 12.9. The zero-order valence-electron chi connectivity index (χ0n) is 16.9.